The van der Waals surface area contributed by atoms with E-state index in [4.69, 9.17) is 0 Å². The Morgan fingerprint density at radius 3 is 2.58 bits per heavy atom. The minimum atomic E-state index is -3.53. The van der Waals surface area contributed by atoms with Crippen LogP contribution in [0.15, 0.2) is 11.1 Å². The summed E-state index contributed by atoms with van der Waals surface area (Å²) in [4.78, 5) is 11.6. The lowest BCUT2D eigenvalue weighted by atomic mass is 9.86. The number of carbonyl (C=O) groups excluding carboxylic acids is 1. The number of aromatic nitrogens is 2. The standard InChI is InChI=1S/C17H29N5O3S/c1-12(2)22-11-16(13(3)20-22)26(24,25)21-7-5-17(6-8-21)9-15(10-18-17)19-14(4)23/h11-12,15,18H,5-10H2,1-4H3,(H,19,23). The van der Waals surface area contributed by atoms with Crippen LogP contribution in [-0.4, -0.2) is 59.6 Å². The number of aryl methyl sites for hydroxylation is 1. The van der Waals surface area contributed by atoms with Gasteiger partial charge in [-0.15, -0.1) is 0 Å². The number of rotatable bonds is 4. The van der Waals surface area contributed by atoms with E-state index in [9.17, 15) is 13.2 Å². The SMILES string of the molecule is CC(=O)NC1CNC2(CCN(S(=O)(=O)c3cn(C(C)C)nc3C)CC2)C1. The number of sulfonamides is 1. The Bertz CT molecular complexity index is 778. The Morgan fingerprint density at radius 2 is 2.04 bits per heavy atom. The van der Waals surface area contributed by atoms with E-state index >= 15 is 0 Å². The molecule has 3 rings (SSSR count). The third-order valence-electron chi connectivity index (χ3n) is 5.47. The molecule has 3 heterocycles. The van der Waals surface area contributed by atoms with E-state index in [-0.39, 0.29) is 23.5 Å². The van der Waals surface area contributed by atoms with Crippen molar-refractivity contribution in [3.05, 3.63) is 11.9 Å². The predicted molar refractivity (Wildman–Crippen MR) is 98.3 cm³/mol. The fourth-order valence-corrected chi connectivity index (χ4v) is 5.60. The van der Waals surface area contributed by atoms with Crippen molar-refractivity contribution < 1.29 is 13.2 Å². The van der Waals surface area contributed by atoms with Gasteiger partial charge >= 0.3 is 0 Å². The molecule has 0 aromatic carbocycles. The molecule has 0 aliphatic carbocycles. The largest absolute Gasteiger partial charge is 0.352 e. The van der Waals surface area contributed by atoms with Crippen LogP contribution in [0.1, 0.15) is 51.8 Å². The second-order valence-corrected chi connectivity index (χ2v) is 9.73. The van der Waals surface area contributed by atoms with Gasteiger partial charge in [-0.05, 0) is 40.0 Å². The molecule has 2 fully saturated rings. The van der Waals surface area contributed by atoms with Crippen LogP contribution in [-0.2, 0) is 14.8 Å². The molecule has 0 bridgehead atoms. The number of nitrogens with zero attached hydrogens (tertiary/aromatic N) is 3. The topological polar surface area (TPSA) is 96.3 Å². The zero-order valence-electron chi connectivity index (χ0n) is 15.9. The molecular weight excluding hydrogens is 354 g/mol. The normalized spacial score (nSPS) is 23.7. The van der Waals surface area contributed by atoms with E-state index in [1.807, 2.05) is 13.8 Å². The maximum absolute atomic E-state index is 13.1. The highest BCUT2D eigenvalue weighted by molar-refractivity contribution is 7.89. The number of carbonyl (C=O) groups is 1. The minimum absolute atomic E-state index is 0.0218. The molecule has 2 saturated heterocycles. The summed E-state index contributed by atoms with van der Waals surface area (Å²) in [6, 6.07) is 0.248. The Morgan fingerprint density at radius 1 is 1.38 bits per heavy atom. The molecule has 2 aliphatic rings. The maximum atomic E-state index is 13.1. The molecule has 0 saturated carbocycles. The van der Waals surface area contributed by atoms with Gasteiger partial charge in [0.15, 0.2) is 0 Å². The van der Waals surface area contributed by atoms with E-state index in [0.717, 1.165) is 25.8 Å². The van der Waals surface area contributed by atoms with Crippen LogP contribution < -0.4 is 10.6 Å². The number of hydrogen-bond donors (Lipinski definition) is 2. The van der Waals surface area contributed by atoms with E-state index in [0.29, 0.717) is 23.7 Å². The number of hydrogen-bond acceptors (Lipinski definition) is 5. The number of piperidine rings is 1. The van der Waals surface area contributed by atoms with Gasteiger partial charge in [-0.25, -0.2) is 8.42 Å². The van der Waals surface area contributed by atoms with Gasteiger partial charge in [0, 0.05) is 50.4 Å². The summed E-state index contributed by atoms with van der Waals surface area (Å²) in [6.07, 6.45) is 3.99. The highest BCUT2D eigenvalue weighted by atomic mass is 32.2. The van der Waals surface area contributed by atoms with Gasteiger partial charge in [0.25, 0.3) is 0 Å². The van der Waals surface area contributed by atoms with Crippen LogP contribution in [0.4, 0.5) is 0 Å². The molecule has 1 aromatic heterocycles. The first-order valence-corrected chi connectivity index (χ1v) is 10.6. The van der Waals surface area contributed by atoms with Crippen LogP contribution in [0.25, 0.3) is 0 Å². The van der Waals surface area contributed by atoms with Crippen molar-refractivity contribution in [2.24, 2.45) is 0 Å². The molecule has 2 N–H and O–H groups in total. The summed E-state index contributed by atoms with van der Waals surface area (Å²) in [5.74, 6) is -0.0218. The van der Waals surface area contributed by atoms with Crippen molar-refractivity contribution in [1.82, 2.24) is 24.7 Å². The van der Waals surface area contributed by atoms with Crippen molar-refractivity contribution in [2.45, 2.75) is 69.5 Å². The average molecular weight is 384 g/mol. The summed E-state index contributed by atoms with van der Waals surface area (Å²) in [5, 5.41) is 10.8. The fourth-order valence-electron chi connectivity index (χ4n) is 4.00. The molecule has 26 heavy (non-hydrogen) atoms. The van der Waals surface area contributed by atoms with Crippen LogP contribution in [0.2, 0.25) is 0 Å². The summed E-state index contributed by atoms with van der Waals surface area (Å²) in [7, 11) is -3.53. The van der Waals surface area contributed by atoms with Gasteiger partial charge in [-0.2, -0.15) is 9.40 Å². The lowest BCUT2D eigenvalue weighted by molar-refractivity contribution is -0.119. The number of amides is 1. The third kappa shape index (κ3) is 3.65. The predicted octanol–water partition coefficient (Wildman–Crippen LogP) is 0.794. The van der Waals surface area contributed by atoms with Crippen molar-refractivity contribution in [3.8, 4) is 0 Å². The molecule has 1 aromatic rings. The minimum Gasteiger partial charge on any atom is -0.352 e. The first kappa shape index (κ1) is 19.3. The Hall–Kier alpha value is -1.45. The number of nitrogens with one attached hydrogen (secondary N) is 2. The molecular formula is C17H29N5O3S. The van der Waals surface area contributed by atoms with Crippen molar-refractivity contribution in [2.75, 3.05) is 19.6 Å². The average Bonchev–Trinajstić information content (AvgIpc) is 3.12. The summed E-state index contributed by atoms with van der Waals surface area (Å²) >= 11 is 0. The van der Waals surface area contributed by atoms with Crippen LogP contribution in [0.5, 0.6) is 0 Å². The molecule has 1 amide bonds. The molecule has 146 valence electrons. The molecule has 8 nitrogen and oxygen atoms in total. The van der Waals surface area contributed by atoms with Crippen molar-refractivity contribution >= 4 is 15.9 Å². The Labute approximate surface area is 155 Å². The quantitative estimate of drug-likeness (QED) is 0.801. The first-order chi connectivity index (χ1) is 12.1. The highest BCUT2D eigenvalue weighted by Gasteiger charge is 2.44. The van der Waals surface area contributed by atoms with Gasteiger partial charge in [-0.3, -0.25) is 9.48 Å². The van der Waals surface area contributed by atoms with Gasteiger partial charge in [-0.1, -0.05) is 0 Å². The maximum Gasteiger partial charge on any atom is 0.246 e. The monoisotopic (exact) mass is 383 g/mol. The second kappa shape index (κ2) is 6.94. The van der Waals surface area contributed by atoms with Gasteiger partial charge in [0.2, 0.25) is 15.9 Å². The lowest BCUT2D eigenvalue weighted by Gasteiger charge is -2.38. The van der Waals surface area contributed by atoms with Crippen LogP contribution in [0.3, 0.4) is 0 Å². The zero-order chi connectivity index (χ0) is 19.1. The third-order valence-corrected chi connectivity index (χ3v) is 7.47. The van der Waals surface area contributed by atoms with Gasteiger partial charge < -0.3 is 10.6 Å². The molecule has 1 unspecified atom stereocenters. The van der Waals surface area contributed by atoms with E-state index in [1.54, 1.807) is 22.1 Å². The smallest absolute Gasteiger partial charge is 0.246 e. The first-order valence-electron chi connectivity index (χ1n) is 9.21. The Balaban J connectivity index is 1.69. The van der Waals surface area contributed by atoms with Crippen LogP contribution >= 0.6 is 0 Å². The fraction of sp³-hybridized carbons (Fsp3) is 0.765. The van der Waals surface area contributed by atoms with Gasteiger partial charge in [0.1, 0.15) is 4.90 Å². The van der Waals surface area contributed by atoms with E-state index < -0.39 is 10.0 Å². The Kier molecular flexibility index (Phi) is 5.15. The van der Waals surface area contributed by atoms with Crippen molar-refractivity contribution in [1.29, 1.82) is 0 Å². The molecule has 1 atom stereocenters. The summed E-state index contributed by atoms with van der Waals surface area (Å²) in [6.45, 7) is 8.93. The molecule has 9 heteroatoms. The highest BCUT2D eigenvalue weighted by Crippen LogP contribution is 2.33. The second-order valence-electron chi connectivity index (χ2n) is 7.82. The molecule has 1 spiro atoms. The summed E-state index contributed by atoms with van der Waals surface area (Å²) in [5.41, 5.74) is 0.472. The van der Waals surface area contributed by atoms with E-state index in [2.05, 4.69) is 15.7 Å². The molecule has 0 radical (unpaired) electrons. The van der Waals surface area contributed by atoms with Crippen LogP contribution in [0, 0.1) is 6.92 Å². The lowest BCUT2D eigenvalue weighted by Crippen LogP contribution is -2.51. The van der Waals surface area contributed by atoms with Gasteiger partial charge in [0.05, 0.1) is 5.69 Å². The van der Waals surface area contributed by atoms with Crippen molar-refractivity contribution in [3.63, 3.8) is 0 Å². The zero-order valence-corrected chi connectivity index (χ0v) is 16.8. The van der Waals surface area contributed by atoms with E-state index in [1.165, 1.54) is 6.92 Å². The summed E-state index contributed by atoms with van der Waals surface area (Å²) < 4.78 is 29.4. The molecule has 2 aliphatic heterocycles.